The molecule has 10 nitrogen and oxygen atoms in total. The van der Waals surface area contributed by atoms with E-state index in [1.807, 2.05) is 6.08 Å². The maximum absolute atomic E-state index is 14.6. The Hall–Kier alpha value is -5.25. The number of amides is 4. The number of hydrogen-bond acceptors (Lipinski definition) is 8. The summed E-state index contributed by atoms with van der Waals surface area (Å²) < 4.78 is 11.5. The van der Waals surface area contributed by atoms with Crippen LogP contribution in [0.5, 0.6) is 17.2 Å². The monoisotopic (exact) mass is 634 g/mol. The van der Waals surface area contributed by atoms with Crippen LogP contribution in [0.4, 0.5) is 11.4 Å². The molecule has 2 aliphatic carbocycles. The number of carbonyl (C=O) groups is 5. The summed E-state index contributed by atoms with van der Waals surface area (Å²) in [7, 11) is 2.91. The molecule has 2 heterocycles. The van der Waals surface area contributed by atoms with Gasteiger partial charge in [0.15, 0.2) is 5.78 Å². The number of phenols is 1. The SMILES string of the molecule is COc1cc(O)cc(OC)c1[C@H]1C2=CC[C@@H]3C(=O)N(c4ccc(C(C)=O)cc4)C(=O)[C@@H]3[C@@H]2C[C@H]2C(=O)N(c3ccccc3)C(=O)[C@@]12C. The minimum Gasteiger partial charge on any atom is -0.508 e. The Morgan fingerprint density at radius 1 is 0.830 bits per heavy atom. The highest BCUT2D eigenvalue weighted by Crippen LogP contribution is 2.65. The Bertz CT molecular complexity index is 1860. The molecule has 10 heteroatoms. The van der Waals surface area contributed by atoms with E-state index < -0.39 is 35.0 Å². The van der Waals surface area contributed by atoms with Crippen LogP contribution in [0, 0.1) is 29.1 Å². The van der Waals surface area contributed by atoms with Gasteiger partial charge in [-0.25, -0.2) is 4.90 Å². The van der Waals surface area contributed by atoms with Crippen LogP contribution in [-0.4, -0.2) is 48.7 Å². The number of imide groups is 2. The van der Waals surface area contributed by atoms with E-state index in [9.17, 15) is 29.1 Å². The van der Waals surface area contributed by atoms with E-state index in [0.717, 1.165) is 5.57 Å². The quantitative estimate of drug-likeness (QED) is 0.227. The number of fused-ring (bicyclic) bond motifs is 4. The normalized spacial score (nSPS) is 28.1. The standard InChI is InChI=1S/C37H34N2O8/c1-19(40)20-10-12-22(13-11-20)38-33(42)25-15-14-24-26(30(25)35(38)44)18-27-34(43)39(21-8-6-5-7-9-21)36(45)37(27,2)32(24)31-28(46-3)16-23(41)17-29(31)47-4/h5-14,16-17,25-27,30,32,41H,15,18H2,1-4H3/t25-,26+,27-,30-,32+,37+/m0/s1. The van der Waals surface area contributed by atoms with E-state index >= 15 is 0 Å². The van der Waals surface area contributed by atoms with Crippen LogP contribution in [-0.2, 0) is 19.2 Å². The van der Waals surface area contributed by atoms with Gasteiger partial charge in [0, 0.05) is 29.2 Å². The molecule has 6 atom stereocenters. The Balaban J connectivity index is 1.39. The predicted octanol–water partition coefficient (Wildman–Crippen LogP) is 5.05. The van der Waals surface area contributed by atoms with Crippen LogP contribution >= 0.6 is 0 Å². The molecule has 3 aromatic rings. The Labute approximate surface area is 271 Å². The molecule has 3 aromatic carbocycles. The number of para-hydroxylation sites is 1. The highest BCUT2D eigenvalue weighted by molar-refractivity contribution is 6.25. The highest BCUT2D eigenvalue weighted by atomic mass is 16.5. The van der Waals surface area contributed by atoms with E-state index in [2.05, 4.69) is 0 Å². The van der Waals surface area contributed by atoms with Crippen LogP contribution in [0.15, 0.2) is 78.4 Å². The summed E-state index contributed by atoms with van der Waals surface area (Å²) in [4.78, 5) is 71.5. The summed E-state index contributed by atoms with van der Waals surface area (Å²) in [6, 6.07) is 18.0. The summed E-state index contributed by atoms with van der Waals surface area (Å²) in [5.74, 6) is -4.76. The number of ether oxygens (including phenoxy) is 2. The van der Waals surface area contributed by atoms with E-state index in [0.29, 0.717) is 22.5 Å². The first-order chi connectivity index (χ1) is 22.5. The number of benzene rings is 3. The van der Waals surface area contributed by atoms with Crippen molar-refractivity contribution < 1.29 is 38.6 Å². The van der Waals surface area contributed by atoms with Crippen molar-refractivity contribution in [3.05, 3.63) is 89.5 Å². The third-order valence-electron chi connectivity index (χ3n) is 10.6. The number of carbonyl (C=O) groups excluding carboxylic acids is 5. The molecule has 0 spiro atoms. The van der Waals surface area contributed by atoms with Crippen molar-refractivity contribution in [2.45, 2.75) is 32.6 Å². The molecule has 1 saturated carbocycles. The van der Waals surface area contributed by atoms with Crippen molar-refractivity contribution in [3.63, 3.8) is 0 Å². The largest absolute Gasteiger partial charge is 0.508 e. The lowest BCUT2D eigenvalue weighted by atomic mass is 9.51. The van der Waals surface area contributed by atoms with E-state index in [4.69, 9.17) is 9.47 Å². The van der Waals surface area contributed by atoms with Crippen molar-refractivity contribution >= 4 is 40.8 Å². The predicted molar refractivity (Wildman–Crippen MR) is 171 cm³/mol. The molecule has 0 radical (unpaired) electrons. The molecule has 3 fully saturated rings. The maximum atomic E-state index is 14.6. The lowest BCUT2D eigenvalue weighted by Gasteiger charge is -2.49. The first kappa shape index (κ1) is 30.4. The number of phenolic OH excluding ortho intramolecular Hbond substituents is 1. The van der Waals surface area contributed by atoms with E-state index in [1.165, 1.54) is 43.1 Å². The summed E-state index contributed by atoms with van der Waals surface area (Å²) in [5, 5.41) is 10.5. The van der Waals surface area contributed by atoms with Crippen LogP contribution in [0.3, 0.4) is 0 Å². The van der Waals surface area contributed by atoms with Crippen molar-refractivity contribution in [3.8, 4) is 17.2 Å². The molecule has 2 aliphatic heterocycles. The van der Waals surface area contributed by atoms with E-state index in [-0.39, 0.29) is 59.5 Å². The molecular weight excluding hydrogens is 600 g/mol. The molecular formula is C37H34N2O8. The second kappa shape index (κ2) is 10.9. The molecule has 0 aromatic heterocycles. The van der Waals surface area contributed by atoms with Gasteiger partial charge in [0.05, 0.1) is 48.8 Å². The van der Waals surface area contributed by atoms with Gasteiger partial charge in [-0.3, -0.25) is 28.9 Å². The van der Waals surface area contributed by atoms with Gasteiger partial charge < -0.3 is 14.6 Å². The number of aromatic hydroxyl groups is 1. The number of Topliss-reactive ketones (excluding diaryl/α,β-unsaturated/α-hetero) is 1. The topological polar surface area (TPSA) is 131 Å². The molecule has 4 amide bonds. The van der Waals surface area contributed by atoms with Gasteiger partial charge in [-0.05, 0) is 69.0 Å². The van der Waals surface area contributed by atoms with Gasteiger partial charge in [-0.1, -0.05) is 29.8 Å². The zero-order valence-electron chi connectivity index (χ0n) is 26.4. The van der Waals surface area contributed by atoms with Crippen molar-refractivity contribution in [2.75, 3.05) is 24.0 Å². The smallest absolute Gasteiger partial charge is 0.241 e. The van der Waals surface area contributed by atoms with Gasteiger partial charge in [0.2, 0.25) is 23.6 Å². The number of allylic oxidation sites excluding steroid dienone is 2. The number of rotatable bonds is 6. The summed E-state index contributed by atoms with van der Waals surface area (Å²) in [6.45, 7) is 3.23. The number of hydrogen-bond donors (Lipinski definition) is 1. The second-order valence-corrected chi connectivity index (χ2v) is 12.9. The van der Waals surface area contributed by atoms with Gasteiger partial charge in [-0.2, -0.15) is 0 Å². The lowest BCUT2D eigenvalue weighted by Crippen LogP contribution is -2.49. The Morgan fingerprint density at radius 3 is 2.04 bits per heavy atom. The minimum atomic E-state index is -1.31. The van der Waals surface area contributed by atoms with Crippen LogP contribution in [0.1, 0.15) is 48.5 Å². The summed E-state index contributed by atoms with van der Waals surface area (Å²) >= 11 is 0. The average molecular weight is 635 g/mol. The molecule has 4 aliphatic rings. The van der Waals surface area contributed by atoms with Gasteiger partial charge in [0.25, 0.3) is 0 Å². The zero-order valence-corrected chi connectivity index (χ0v) is 26.4. The number of methoxy groups -OCH3 is 2. The number of ketones is 1. The fourth-order valence-electron chi connectivity index (χ4n) is 8.46. The first-order valence-electron chi connectivity index (χ1n) is 15.6. The Kier molecular flexibility index (Phi) is 7.07. The first-order valence-corrected chi connectivity index (χ1v) is 15.6. The van der Waals surface area contributed by atoms with Crippen molar-refractivity contribution in [1.29, 1.82) is 0 Å². The van der Waals surface area contributed by atoms with Gasteiger partial charge in [-0.15, -0.1) is 0 Å². The third kappa shape index (κ3) is 4.27. The fourth-order valence-corrected chi connectivity index (χ4v) is 8.46. The molecule has 0 bridgehead atoms. The molecule has 1 N–H and O–H groups in total. The van der Waals surface area contributed by atoms with Crippen molar-refractivity contribution in [1.82, 2.24) is 0 Å². The van der Waals surface area contributed by atoms with E-state index in [1.54, 1.807) is 61.5 Å². The van der Waals surface area contributed by atoms with Crippen LogP contribution < -0.4 is 19.3 Å². The summed E-state index contributed by atoms with van der Waals surface area (Å²) in [6.07, 6.45) is 2.39. The number of anilines is 2. The lowest BCUT2D eigenvalue weighted by molar-refractivity contribution is -0.131. The zero-order chi connectivity index (χ0) is 33.4. The fraction of sp³-hybridized carbons (Fsp3) is 0.324. The molecule has 2 saturated heterocycles. The number of nitrogens with zero attached hydrogens (tertiary/aromatic N) is 2. The maximum Gasteiger partial charge on any atom is 0.241 e. The average Bonchev–Trinajstić information content (AvgIpc) is 3.44. The third-order valence-corrected chi connectivity index (χ3v) is 10.6. The van der Waals surface area contributed by atoms with Gasteiger partial charge >= 0.3 is 0 Å². The van der Waals surface area contributed by atoms with Crippen LogP contribution in [0.25, 0.3) is 0 Å². The highest BCUT2D eigenvalue weighted by Gasteiger charge is 2.68. The van der Waals surface area contributed by atoms with Crippen molar-refractivity contribution in [2.24, 2.45) is 29.1 Å². The molecule has 0 unspecified atom stereocenters. The van der Waals surface area contributed by atoms with Crippen LogP contribution in [0.2, 0.25) is 0 Å². The molecule has 240 valence electrons. The van der Waals surface area contributed by atoms with Gasteiger partial charge in [0.1, 0.15) is 17.2 Å². The molecule has 7 rings (SSSR count). The summed E-state index contributed by atoms with van der Waals surface area (Å²) in [5.41, 5.74) is 1.23. The Morgan fingerprint density at radius 2 is 1.45 bits per heavy atom. The second-order valence-electron chi connectivity index (χ2n) is 12.9. The molecule has 47 heavy (non-hydrogen) atoms. The minimum absolute atomic E-state index is 0.100.